The normalized spacial score (nSPS) is 11.1. The maximum Gasteiger partial charge on any atom is 0.282 e. The first kappa shape index (κ1) is 19.2. The minimum Gasteiger partial charge on any atom is -0.334 e. The zero-order valence-electron chi connectivity index (χ0n) is 15.7. The zero-order valence-corrected chi connectivity index (χ0v) is 17.4. The van der Waals surface area contributed by atoms with E-state index in [9.17, 15) is 9.59 Å². The zero-order chi connectivity index (χ0) is 20.5. The molecule has 29 heavy (non-hydrogen) atoms. The Morgan fingerprint density at radius 3 is 2.76 bits per heavy atom. The first-order valence-electron chi connectivity index (χ1n) is 8.72. The Bertz CT molecular complexity index is 1260. The van der Waals surface area contributed by atoms with E-state index in [4.69, 9.17) is 5.84 Å². The Labute approximate surface area is 174 Å². The van der Waals surface area contributed by atoms with Crippen LogP contribution in [-0.2, 0) is 11.8 Å². The average molecular weight is 427 g/mol. The minimum absolute atomic E-state index is 0.0658. The Morgan fingerprint density at radius 2 is 2.07 bits per heavy atom. The molecule has 0 aliphatic heterocycles. The molecule has 0 saturated carbocycles. The first-order valence-corrected chi connectivity index (χ1v) is 10.6. The van der Waals surface area contributed by atoms with Crippen molar-refractivity contribution in [2.45, 2.75) is 12.1 Å². The topological polar surface area (TPSA) is 108 Å². The molecule has 3 heterocycles. The van der Waals surface area contributed by atoms with Crippen molar-refractivity contribution in [2.24, 2.45) is 7.05 Å². The quantitative estimate of drug-likeness (QED) is 0.289. The number of anilines is 1. The second-order valence-corrected chi connectivity index (χ2v) is 8.20. The smallest absolute Gasteiger partial charge is 0.282 e. The Kier molecular flexibility index (Phi) is 5.12. The summed E-state index contributed by atoms with van der Waals surface area (Å²) in [6, 6.07) is 11.4. The van der Waals surface area contributed by atoms with Crippen molar-refractivity contribution in [3.8, 4) is 11.1 Å². The number of aromatic nitrogens is 4. The molecule has 148 valence electrons. The van der Waals surface area contributed by atoms with Gasteiger partial charge in [0.2, 0.25) is 5.91 Å². The van der Waals surface area contributed by atoms with Crippen LogP contribution in [0.4, 0.5) is 5.82 Å². The van der Waals surface area contributed by atoms with Crippen LogP contribution in [-0.4, -0.2) is 31.1 Å². The molecule has 0 atom stereocenters. The summed E-state index contributed by atoms with van der Waals surface area (Å²) in [7, 11) is 1.75. The molecule has 4 aromatic rings. The molecule has 0 aliphatic rings. The summed E-state index contributed by atoms with van der Waals surface area (Å²) in [5, 5.41) is 9.66. The van der Waals surface area contributed by atoms with E-state index >= 15 is 0 Å². The molecular formula is C19H18N6O2S2. The third kappa shape index (κ3) is 3.76. The Balaban J connectivity index is 1.57. The largest absolute Gasteiger partial charge is 0.334 e. The lowest BCUT2D eigenvalue weighted by atomic mass is 10.1. The van der Waals surface area contributed by atoms with Crippen LogP contribution in [0.25, 0.3) is 21.3 Å². The van der Waals surface area contributed by atoms with Gasteiger partial charge >= 0.3 is 0 Å². The number of nitrogens with zero attached hydrogens (tertiary/aromatic N) is 4. The summed E-state index contributed by atoms with van der Waals surface area (Å²) in [6.07, 6.45) is 0. The Morgan fingerprint density at radius 1 is 1.31 bits per heavy atom. The highest BCUT2D eigenvalue weighted by atomic mass is 32.2. The van der Waals surface area contributed by atoms with Gasteiger partial charge in [-0.15, -0.1) is 11.3 Å². The molecule has 0 aliphatic carbocycles. The summed E-state index contributed by atoms with van der Waals surface area (Å²) >= 11 is 2.49. The molecule has 1 aromatic carbocycles. The van der Waals surface area contributed by atoms with Crippen LogP contribution in [0.3, 0.4) is 0 Å². The van der Waals surface area contributed by atoms with Gasteiger partial charge in [0.1, 0.15) is 10.6 Å². The molecule has 1 amide bonds. The average Bonchev–Trinajstić information content (AvgIpc) is 3.27. The van der Waals surface area contributed by atoms with E-state index in [1.165, 1.54) is 11.3 Å². The van der Waals surface area contributed by atoms with Gasteiger partial charge in [0.25, 0.3) is 5.56 Å². The van der Waals surface area contributed by atoms with Gasteiger partial charge in [0.05, 0.1) is 16.8 Å². The molecule has 8 nitrogen and oxygen atoms in total. The number of fused-ring (bicyclic) bond motifs is 1. The van der Waals surface area contributed by atoms with Crippen molar-refractivity contribution in [2.75, 3.05) is 16.9 Å². The number of hydrogen-bond acceptors (Lipinski definition) is 7. The van der Waals surface area contributed by atoms with Gasteiger partial charge in [-0.05, 0) is 12.5 Å². The number of nitrogens with two attached hydrogens (primary N) is 1. The molecule has 0 saturated heterocycles. The predicted octanol–water partition coefficient (Wildman–Crippen LogP) is 2.61. The first-order chi connectivity index (χ1) is 13.9. The fourth-order valence-corrected chi connectivity index (χ4v) is 4.66. The summed E-state index contributed by atoms with van der Waals surface area (Å²) < 4.78 is 2.60. The number of nitrogen functional groups attached to an aromatic ring is 1. The molecule has 0 bridgehead atoms. The summed E-state index contributed by atoms with van der Waals surface area (Å²) in [5.41, 5.74) is 2.22. The van der Waals surface area contributed by atoms with Gasteiger partial charge in [-0.3, -0.25) is 14.3 Å². The van der Waals surface area contributed by atoms with E-state index in [0.717, 1.165) is 33.3 Å². The molecule has 3 N–H and O–H groups in total. The number of carbonyl (C=O) groups excluding carboxylic acids is 1. The van der Waals surface area contributed by atoms with Gasteiger partial charge in [-0.25, -0.2) is 9.66 Å². The van der Waals surface area contributed by atoms with Crippen LogP contribution in [0, 0.1) is 6.92 Å². The highest BCUT2D eigenvalue weighted by Gasteiger charge is 2.17. The van der Waals surface area contributed by atoms with E-state index in [1.54, 1.807) is 17.8 Å². The lowest BCUT2D eigenvalue weighted by Crippen LogP contribution is -2.30. The number of aryl methyl sites for hydroxylation is 2. The number of hydrogen-bond donors (Lipinski definition) is 2. The maximum atomic E-state index is 12.9. The molecule has 3 aromatic heterocycles. The highest BCUT2D eigenvalue weighted by molar-refractivity contribution is 7.99. The molecular weight excluding hydrogens is 408 g/mol. The van der Waals surface area contributed by atoms with Crippen molar-refractivity contribution in [1.29, 1.82) is 0 Å². The van der Waals surface area contributed by atoms with Crippen molar-refractivity contribution >= 4 is 45.0 Å². The lowest BCUT2D eigenvalue weighted by molar-refractivity contribution is -0.113. The van der Waals surface area contributed by atoms with Crippen LogP contribution < -0.4 is 16.7 Å². The van der Waals surface area contributed by atoms with Gasteiger partial charge in [-0.2, -0.15) is 5.10 Å². The highest BCUT2D eigenvalue weighted by Crippen LogP contribution is 2.31. The monoisotopic (exact) mass is 426 g/mol. The van der Waals surface area contributed by atoms with Crippen molar-refractivity contribution in [3.05, 3.63) is 57.8 Å². The molecule has 4 rings (SSSR count). The van der Waals surface area contributed by atoms with Gasteiger partial charge in [0.15, 0.2) is 5.16 Å². The van der Waals surface area contributed by atoms with Crippen LogP contribution in [0.2, 0.25) is 0 Å². The molecule has 10 heteroatoms. The van der Waals surface area contributed by atoms with Crippen molar-refractivity contribution < 1.29 is 4.79 Å². The second kappa shape index (κ2) is 7.72. The lowest BCUT2D eigenvalue weighted by Gasteiger charge is -2.08. The number of amides is 1. The van der Waals surface area contributed by atoms with E-state index in [-0.39, 0.29) is 17.2 Å². The second-order valence-electron chi connectivity index (χ2n) is 6.40. The fourth-order valence-electron chi connectivity index (χ4n) is 2.95. The fraction of sp³-hybridized carbons (Fsp3) is 0.158. The van der Waals surface area contributed by atoms with Gasteiger partial charge in [-0.1, -0.05) is 42.1 Å². The van der Waals surface area contributed by atoms with E-state index < -0.39 is 0 Å². The standard InChI is InChI=1S/C19H18N6O2S2/c1-11-8-14(24(2)23-11)21-15(26)10-29-19-22-17-16(18(27)25(19)20)13(9-28-17)12-6-4-3-5-7-12/h3-9H,10,20H2,1-2H3,(H,21,26). The molecule has 0 spiro atoms. The number of carbonyl (C=O) groups is 1. The van der Waals surface area contributed by atoms with Gasteiger partial charge < -0.3 is 11.2 Å². The third-order valence-corrected chi connectivity index (χ3v) is 6.12. The summed E-state index contributed by atoms with van der Waals surface area (Å²) in [6.45, 7) is 1.85. The molecule has 0 unspecified atom stereocenters. The number of nitrogens with one attached hydrogen (secondary N) is 1. The molecule has 0 radical (unpaired) electrons. The van der Waals surface area contributed by atoms with E-state index in [1.807, 2.05) is 42.6 Å². The number of thiophene rings is 1. The van der Waals surface area contributed by atoms with E-state index in [2.05, 4.69) is 15.4 Å². The summed E-state index contributed by atoms with van der Waals surface area (Å²) in [4.78, 5) is 30.2. The van der Waals surface area contributed by atoms with Crippen LogP contribution in [0.1, 0.15) is 5.69 Å². The maximum absolute atomic E-state index is 12.9. The third-order valence-electron chi connectivity index (χ3n) is 4.29. The Hall–Kier alpha value is -3.11. The SMILES string of the molecule is Cc1cc(NC(=O)CSc2nc3scc(-c4ccccc4)c3c(=O)n2N)n(C)n1. The molecule has 0 fully saturated rings. The van der Waals surface area contributed by atoms with Crippen LogP contribution >= 0.6 is 23.1 Å². The van der Waals surface area contributed by atoms with E-state index in [0.29, 0.717) is 21.2 Å². The summed E-state index contributed by atoms with van der Waals surface area (Å²) in [5.74, 6) is 6.44. The predicted molar refractivity (Wildman–Crippen MR) is 117 cm³/mol. The minimum atomic E-state index is -0.333. The van der Waals surface area contributed by atoms with Crippen molar-refractivity contribution in [3.63, 3.8) is 0 Å². The van der Waals surface area contributed by atoms with Crippen LogP contribution in [0.15, 0.2) is 51.7 Å². The van der Waals surface area contributed by atoms with Gasteiger partial charge in [0, 0.05) is 24.1 Å². The number of thioether (sulfide) groups is 1. The van der Waals surface area contributed by atoms with Crippen molar-refractivity contribution in [1.82, 2.24) is 19.4 Å². The number of benzene rings is 1. The number of rotatable bonds is 5. The van der Waals surface area contributed by atoms with Crippen LogP contribution in [0.5, 0.6) is 0 Å².